The summed E-state index contributed by atoms with van der Waals surface area (Å²) in [5.41, 5.74) is 0. The van der Waals surface area contributed by atoms with Crippen LogP contribution >= 0.6 is 22.9 Å². The summed E-state index contributed by atoms with van der Waals surface area (Å²) in [7, 11) is 1.52. The number of pyridine rings is 1. The molecule has 0 bridgehead atoms. The molecule has 0 aliphatic heterocycles. The molecule has 0 atom stereocenters. The lowest BCUT2D eigenvalue weighted by molar-refractivity contribution is 0.102. The van der Waals surface area contributed by atoms with Gasteiger partial charge in [0.05, 0.1) is 7.11 Å². The summed E-state index contributed by atoms with van der Waals surface area (Å²) in [6, 6.07) is 4.97. The lowest BCUT2D eigenvalue weighted by Gasteiger charge is -2.04. The van der Waals surface area contributed by atoms with Crippen LogP contribution < -0.4 is 10.1 Å². The molecule has 0 unspecified atom stereocenters. The quantitative estimate of drug-likeness (QED) is 0.931. The first-order chi connectivity index (χ1) is 8.20. The van der Waals surface area contributed by atoms with Crippen molar-refractivity contribution in [3.05, 3.63) is 39.7 Å². The van der Waals surface area contributed by atoms with Crippen molar-refractivity contribution in [2.24, 2.45) is 0 Å². The van der Waals surface area contributed by atoms with Crippen LogP contribution in [0.5, 0.6) is 5.75 Å². The third-order valence-electron chi connectivity index (χ3n) is 2.02. The molecule has 6 heteroatoms. The fraction of sp³-hybridized carbons (Fsp3) is 0.0909. The Hall–Kier alpha value is -1.59. The molecule has 2 rings (SSSR count). The van der Waals surface area contributed by atoms with E-state index < -0.39 is 0 Å². The van der Waals surface area contributed by atoms with Crippen LogP contribution in [0, 0.1) is 0 Å². The third kappa shape index (κ3) is 2.75. The molecule has 0 saturated carbocycles. The number of thiophene rings is 1. The minimum Gasteiger partial charge on any atom is -0.495 e. The maximum absolute atomic E-state index is 11.9. The molecule has 0 aliphatic carbocycles. The number of carbonyl (C=O) groups is 1. The van der Waals surface area contributed by atoms with Crippen molar-refractivity contribution in [2.75, 3.05) is 12.4 Å². The van der Waals surface area contributed by atoms with E-state index in [1.54, 1.807) is 23.6 Å². The number of amides is 1. The smallest absolute Gasteiger partial charge is 0.270 e. The lowest BCUT2D eigenvalue weighted by atomic mass is 10.4. The number of aromatic nitrogens is 1. The molecular formula is C11H9ClN2O2S. The van der Waals surface area contributed by atoms with Gasteiger partial charge in [-0.3, -0.25) is 4.79 Å². The zero-order valence-corrected chi connectivity index (χ0v) is 10.5. The van der Waals surface area contributed by atoms with Crippen LogP contribution in [-0.2, 0) is 0 Å². The summed E-state index contributed by atoms with van der Waals surface area (Å²) in [5, 5.41) is 4.97. The van der Waals surface area contributed by atoms with Crippen LogP contribution in [0.15, 0.2) is 29.8 Å². The number of hydrogen-bond acceptors (Lipinski definition) is 4. The normalized spacial score (nSPS) is 10.0. The van der Waals surface area contributed by atoms with Crippen molar-refractivity contribution in [1.82, 2.24) is 4.98 Å². The van der Waals surface area contributed by atoms with Gasteiger partial charge in [-0.05, 0) is 23.6 Å². The van der Waals surface area contributed by atoms with Gasteiger partial charge in [-0.15, -0.1) is 11.3 Å². The minimum absolute atomic E-state index is 0.258. The van der Waals surface area contributed by atoms with E-state index in [0.29, 0.717) is 21.5 Å². The van der Waals surface area contributed by atoms with E-state index in [9.17, 15) is 4.79 Å². The molecule has 0 radical (unpaired) electrons. The number of carbonyl (C=O) groups excluding carboxylic acids is 1. The van der Waals surface area contributed by atoms with Gasteiger partial charge < -0.3 is 10.1 Å². The molecule has 0 aliphatic rings. The maximum Gasteiger partial charge on any atom is 0.270 e. The second-order valence-electron chi connectivity index (χ2n) is 3.13. The SMILES string of the molecule is COc1ccsc1C(=O)Nc1cc(Cl)ccn1. The van der Waals surface area contributed by atoms with Crippen molar-refractivity contribution in [3.63, 3.8) is 0 Å². The number of ether oxygens (including phenoxy) is 1. The standard InChI is InChI=1S/C11H9ClN2O2S/c1-16-8-3-5-17-10(8)11(15)14-9-6-7(12)2-4-13-9/h2-6H,1H3,(H,13,14,15). The van der Waals surface area contributed by atoms with Crippen LogP contribution in [-0.4, -0.2) is 18.0 Å². The van der Waals surface area contributed by atoms with Gasteiger partial charge in [0.2, 0.25) is 0 Å². The fourth-order valence-electron chi connectivity index (χ4n) is 1.27. The Morgan fingerprint density at radius 3 is 3.06 bits per heavy atom. The highest BCUT2D eigenvalue weighted by Gasteiger charge is 2.14. The van der Waals surface area contributed by atoms with Crippen molar-refractivity contribution in [3.8, 4) is 5.75 Å². The van der Waals surface area contributed by atoms with Gasteiger partial charge in [0.15, 0.2) is 0 Å². The van der Waals surface area contributed by atoms with Crippen molar-refractivity contribution in [1.29, 1.82) is 0 Å². The number of hydrogen-bond donors (Lipinski definition) is 1. The summed E-state index contributed by atoms with van der Waals surface area (Å²) >= 11 is 7.11. The Morgan fingerprint density at radius 1 is 1.53 bits per heavy atom. The number of anilines is 1. The Labute approximate surface area is 107 Å². The highest BCUT2D eigenvalue weighted by atomic mass is 35.5. The van der Waals surface area contributed by atoms with E-state index >= 15 is 0 Å². The van der Waals surface area contributed by atoms with Crippen molar-refractivity contribution in [2.45, 2.75) is 0 Å². The molecule has 2 heterocycles. The van der Waals surface area contributed by atoms with Crippen LogP contribution in [0.1, 0.15) is 9.67 Å². The number of methoxy groups -OCH3 is 1. The molecule has 0 spiro atoms. The van der Waals surface area contributed by atoms with Gasteiger partial charge >= 0.3 is 0 Å². The van der Waals surface area contributed by atoms with Gasteiger partial charge in [0.1, 0.15) is 16.4 Å². The number of nitrogens with one attached hydrogen (secondary N) is 1. The van der Waals surface area contributed by atoms with Gasteiger partial charge in [-0.1, -0.05) is 11.6 Å². The van der Waals surface area contributed by atoms with Crippen LogP contribution in [0.2, 0.25) is 5.02 Å². The topological polar surface area (TPSA) is 51.2 Å². The summed E-state index contributed by atoms with van der Waals surface area (Å²) in [4.78, 5) is 16.4. The molecule has 17 heavy (non-hydrogen) atoms. The first-order valence-corrected chi connectivity index (χ1v) is 6.01. The Kier molecular flexibility index (Phi) is 3.61. The largest absolute Gasteiger partial charge is 0.495 e. The van der Waals surface area contributed by atoms with Gasteiger partial charge in [-0.25, -0.2) is 4.98 Å². The molecule has 88 valence electrons. The highest BCUT2D eigenvalue weighted by Crippen LogP contribution is 2.25. The molecule has 0 aromatic carbocycles. The van der Waals surface area contributed by atoms with E-state index in [0.717, 1.165) is 0 Å². The van der Waals surface area contributed by atoms with E-state index in [2.05, 4.69) is 10.3 Å². The summed E-state index contributed by atoms with van der Waals surface area (Å²) in [5.74, 6) is 0.707. The maximum atomic E-state index is 11.9. The Morgan fingerprint density at radius 2 is 2.35 bits per heavy atom. The Bertz CT molecular complexity index is 542. The first-order valence-electron chi connectivity index (χ1n) is 4.75. The van der Waals surface area contributed by atoms with E-state index in [-0.39, 0.29) is 5.91 Å². The number of halogens is 1. The molecule has 0 saturated heterocycles. The summed E-state index contributed by atoms with van der Waals surface area (Å²) in [6.45, 7) is 0. The second kappa shape index (κ2) is 5.16. The van der Waals surface area contributed by atoms with Crippen LogP contribution in [0.25, 0.3) is 0 Å². The third-order valence-corrected chi connectivity index (χ3v) is 3.15. The average Bonchev–Trinajstić information content (AvgIpc) is 2.77. The van der Waals surface area contributed by atoms with Crippen molar-refractivity contribution >= 4 is 34.7 Å². The molecule has 4 nitrogen and oxygen atoms in total. The average molecular weight is 269 g/mol. The first kappa shape index (κ1) is 11.9. The molecule has 1 N–H and O–H groups in total. The van der Waals surface area contributed by atoms with Crippen LogP contribution in [0.3, 0.4) is 0 Å². The molecule has 0 fully saturated rings. The van der Waals surface area contributed by atoms with E-state index in [1.807, 2.05) is 0 Å². The monoisotopic (exact) mass is 268 g/mol. The fourth-order valence-corrected chi connectivity index (χ4v) is 2.18. The molecule has 1 amide bonds. The molecule has 2 aromatic rings. The summed E-state index contributed by atoms with van der Waals surface area (Å²) < 4.78 is 5.07. The Balaban J connectivity index is 2.17. The molecular weight excluding hydrogens is 260 g/mol. The van der Waals surface area contributed by atoms with Gasteiger partial charge in [0, 0.05) is 11.2 Å². The number of rotatable bonds is 3. The predicted octanol–water partition coefficient (Wildman–Crippen LogP) is 3.06. The van der Waals surface area contributed by atoms with Crippen LogP contribution in [0.4, 0.5) is 5.82 Å². The van der Waals surface area contributed by atoms with E-state index in [4.69, 9.17) is 16.3 Å². The lowest BCUT2D eigenvalue weighted by Crippen LogP contribution is -2.12. The van der Waals surface area contributed by atoms with Crippen molar-refractivity contribution < 1.29 is 9.53 Å². The number of nitrogens with zero attached hydrogens (tertiary/aromatic N) is 1. The predicted molar refractivity (Wildman–Crippen MR) is 68.1 cm³/mol. The highest BCUT2D eigenvalue weighted by molar-refractivity contribution is 7.12. The zero-order valence-electron chi connectivity index (χ0n) is 8.94. The van der Waals surface area contributed by atoms with Gasteiger partial charge in [0.25, 0.3) is 5.91 Å². The minimum atomic E-state index is -0.258. The molecule has 2 aromatic heterocycles. The van der Waals surface area contributed by atoms with E-state index in [1.165, 1.54) is 24.6 Å². The van der Waals surface area contributed by atoms with Gasteiger partial charge in [-0.2, -0.15) is 0 Å². The second-order valence-corrected chi connectivity index (χ2v) is 4.48. The zero-order chi connectivity index (χ0) is 12.3. The summed E-state index contributed by atoms with van der Waals surface area (Å²) in [6.07, 6.45) is 1.53.